The van der Waals surface area contributed by atoms with E-state index >= 15 is 0 Å². The number of fused-ring (bicyclic) bond motifs is 1. The number of hydrogen-bond acceptors (Lipinski definition) is 6. The Kier molecular flexibility index (Phi) is 8.12. The van der Waals surface area contributed by atoms with Crippen LogP contribution in [-0.4, -0.2) is 35.8 Å². The summed E-state index contributed by atoms with van der Waals surface area (Å²) in [6.45, 7) is 2.51. The fourth-order valence-electron chi connectivity index (χ4n) is 4.86. The first kappa shape index (κ1) is 27.2. The van der Waals surface area contributed by atoms with Crippen LogP contribution in [0.4, 0.5) is 5.69 Å². The van der Waals surface area contributed by atoms with Crippen molar-refractivity contribution in [3.63, 3.8) is 0 Å². The third-order valence-electron chi connectivity index (χ3n) is 6.86. The molecule has 4 aromatic carbocycles. The molecule has 0 fully saturated rings. The molecular weight excluding hydrogens is 514 g/mol. The van der Waals surface area contributed by atoms with Crippen molar-refractivity contribution in [2.45, 2.75) is 19.4 Å². The molecule has 1 heterocycles. The van der Waals surface area contributed by atoms with E-state index in [1.54, 1.807) is 19.2 Å². The van der Waals surface area contributed by atoms with Gasteiger partial charge in [-0.05, 0) is 42.3 Å². The minimum atomic E-state index is -1.02. The first-order chi connectivity index (χ1) is 20.0. The lowest BCUT2D eigenvalue weighted by Gasteiger charge is -2.20. The lowest BCUT2D eigenvalue weighted by atomic mass is 9.97. The van der Waals surface area contributed by atoms with Crippen LogP contribution in [-0.2, 0) is 11.2 Å². The number of carbonyl (C=O) groups is 1. The Balaban J connectivity index is 1.62. The maximum Gasteiger partial charge on any atom is 0.326 e. The normalized spacial score (nSPS) is 11.4. The highest BCUT2D eigenvalue weighted by Crippen LogP contribution is 2.37. The number of nitrogens with zero attached hydrogens (tertiary/aromatic N) is 2. The van der Waals surface area contributed by atoms with Crippen molar-refractivity contribution >= 4 is 22.6 Å². The summed E-state index contributed by atoms with van der Waals surface area (Å²) >= 11 is 0. The molecule has 41 heavy (non-hydrogen) atoms. The van der Waals surface area contributed by atoms with E-state index < -0.39 is 12.0 Å². The number of rotatable bonds is 10. The number of hydrogen-bond donors (Lipinski definition) is 2. The third-order valence-corrected chi connectivity index (χ3v) is 6.86. The van der Waals surface area contributed by atoms with Gasteiger partial charge < -0.3 is 19.9 Å². The van der Waals surface area contributed by atoms with Crippen molar-refractivity contribution in [3.8, 4) is 40.0 Å². The lowest BCUT2D eigenvalue weighted by molar-refractivity contribution is -0.137. The average Bonchev–Trinajstić information content (AvgIpc) is 3.01. The van der Waals surface area contributed by atoms with Gasteiger partial charge in [0.1, 0.15) is 29.2 Å². The van der Waals surface area contributed by atoms with Gasteiger partial charge in [0.05, 0.1) is 30.6 Å². The van der Waals surface area contributed by atoms with E-state index in [2.05, 4.69) is 11.4 Å². The molecule has 0 saturated heterocycles. The van der Waals surface area contributed by atoms with E-state index in [9.17, 15) is 15.2 Å². The van der Waals surface area contributed by atoms with Crippen LogP contribution in [0, 0.1) is 11.3 Å². The molecule has 2 N–H and O–H groups in total. The maximum atomic E-state index is 12.4. The molecule has 5 aromatic rings. The van der Waals surface area contributed by atoms with Crippen molar-refractivity contribution in [3.05, 3.63) is 108 Å². The van der Waals surface area contributed by atoms with Crippen LogP contribution < -0.4 is 14.8 Å². The highest BCUT2D eigenvalue weighted by atomic mass is 16.5. The highest BCUT2D eigenvalue weighted by Gasteiger charge is 2.24. The summed E-state index contributed by atoms with van der Waals surface area (Å²) in [6, 6.07) is 31.7. The fraction of sp³-hybridized carbons (Fsp3) is 0.147. The molecule has 0 saturated carbocycles. The second-order valence-corrected chi connectivity index (χ2v) is 9.44. The molecule has 0 unspecified atom stereocenters. The fourth-order valence-corrected chi connectivity index (χ4v) is 4.86. The molecule has 7 heteroatoms. The predicted octanol–water partition coefficient (Wildman–Crippen LogP) is 6.96. The Bertz CT molecular complexity index is 1730. The number of nitrogens with one attached hydrogen (secondary N) is 1. The number of benzene rings is 4. The zero-order chi connectivity index (χ0) is 28.8. The maximum absolute atomic E-state index is 12.4. The molecule has 5 rings (SSSR count). The number of anilines is 1. The largest absolute Gasteiger partial charge is 0.497 e. The second-order valence-electron chi connectivity index (χ2n) is 9.44. The van der Waals surface area contributed by atoms with Gasteiger partial charge in [-0.3, -0.25) is 0 Å². The predicted molar refractivity (Wildman–Crippen MR) is 160 cm³/mol. The number of aromatic nitrogens is 1. The quantitative estimate of drug-likeness (QED) is 0.196. The van der Waals surface area contributed by atoms with Gasteiger partial charge in [0.15, 0.2) is 0 Å². The number of ether oxygens (including phenoxy) is 2. The Morgan fingerprint density at radius 1 is 0.976 bits per heavy atom. The lowest BCUT2D eigenvalue weighted by Crippen LogP contribution is -2.32. The van der Waals surface area contributed by atoms with Gasteiger partial charge in [-0.2, -0.15) is 5.26 Å². The van der Waals surface area contributed by atoms with E-state index in [1.807, 2.05) is 91.9 Å². The van der Waals surface area contributed by atoms with Crippen molar-refractivity contribution in [1.82, 2.24) is 4.98 Å². The summed E-state index contributed by atoms with van der Waals surface area (Å²) in [5.74, 6) is 0.346. The standard InChI is InChI=1S/C34H29N3O4/c1-3-41-31-12-8-7-11-26(31)23-13-15-24(16-14-23)32-28(21-35)33(27-20-25(40-2)17-18-29(27)36-32)37-30(34(38)39)19-22-9-5-4-6-10-22/h4-18,20,30H,3,19H2,1-2H3,(H,36,37)(H,38,39)/t30-/m1/s1. The van der Waals surface area contributed by atoms with E-state index in [-0.39, 0.29) is 12.0 Å². The number of carboxylic acid groups (broad SMARTS) is 1. The van der Waals surface area contributed by atoms with Crippen molar-refractivity contribution in [2.24, 2.45) is 0 Å². The van der Waals surface area contributed by atoms with Crippen LogP contribution in [0.25, 0.3) is 33.3 Å². The summed E-state index contributed by atoms with van der Waals surface area (Å²) in [7, 11) is 1.56. The Hall–Kier alpha value is -5.35. The number of methoxy groups -OCH3 is 1. The van der Waals surface area contributed by atoms with E-state index in [0.29, 0.717) is 34.6 Å². The van der Waals surface area contributed by atoms with Crippen molar-refractivity contribution in [1.29, 1.82) is 5.26 Å². The summed E-state index contributed by atoms with van der Waals surface area (Å²) in [5.41, 5.74) is 5.26. The van der Waals surface area contributed by atoms with E-state index in [1.165, 1.54) is 0 Å². The average molecular weight is 544 g/mol. The van der Waals surface area contributed by atoms with Crippen LogP contribution in [0.5, 0.6) is 11.5 Å². The smallest absolute Gasteiger partial charge is 0.326 e. The Morgan fingerprint density at radius 2 is 1.68 bits per heavy atom. The van der Waals surface area contributed by atoms with E-state index in [0.717, 1.165) is 28.0 Å². The van der Waals surface area contributed by atoms with Gasteiger partial charge in [-0.1, -0.05) is 72.8 Å². The van der Waals surface area contributed by atoms with Gasteiger partial charge in [0.25, 0.3) is 0 Å². The minimum absolute atomic E-state index is 0.234. The molecule has 0 spiro atoms. The Morgan fingerprint density at radius 3 is 2.37 bits per heavy atom. The molecular formula is C34H29N3O4. The molecule has 0 amide bonds. The minimum Gasteiger partial charge on any atom is -0.497 e. The first-order valence-corrected chi connectivity index (χ1v) is 13.3. The number of nitriles is 1. The van der Waals surface area contributed by atoms with Crippen LogP contribution in [0.1, 0.15) is 18.1 Å². The number of carboxylic acids is 1. The van der Waals surface area contributed by atoms with Gasteiger partial charge >= 0.3 is 5.97 Å². The molecule has 0 aliphatic heterocycles. The zero-order valence-electron chi connectivity index (χ0n) is 22.8. The van der Waals surface area contributed by atoms with Gasteiger partial charge in [0, 0.05) is 22.9 Å². The summed E-state index contributed by atoms with van der Waals surface area (Å²) in [6.07, 6.45) is 0.234. The molecule has 204 valence electrons. The zero-order valence-corrected chi connectivity index (χ0v) is 22.8. The molecule has 1 atom stereocenters. The molecule has 0 radical (unpaired) electrons. The van der Waals surface area contributed by atoms with Crippen LogP contribution in [0.2, 0.25) is 0 Å². The first-order valence-electron chi connectivity index (χ1n) is 13.3. The second kappa shape index (κ2) is 12.2. The van der Waals surface area contributed by atoms with E-state index in [4.69, 9.17) is 14.5 Å². The topological polar surface area (TPSA) is 104 Å². The van der Waals surface area contributed by atoms with Crippen LogP contribution >= 0.6 is 0 Å². The molecule has 7 nitrogen and oxygen atoms in total. The molecule has 0 bridgehead atoms. The number of para-hydroxylation sites is 1. The molecule has 1 aromatic heterocycles. The number of pyridine rings is 1. The summed E-state index contributed by atoms with van der Waals surface area (Å²) in [5, 5.41) is 24.3. The van der Waals surface area contributed by atoms with Crippen LogP contribution in [0.15, 0.2) is 97.1 Å². The van der Waals surface area contributed by atoms with Gasteiger partial charge in [0.2, 0.25) is 0 Å². The molecule has 0 aliphatic carbocycles. The van der Waals surface area contributed by atoms with Gasteiger partial charge in [-0.25, -0.2) is 9.78 Å². The van der Waals surface area contributed by atoms with Gasteiger partial charge in [-0.15, -0.1) is 0 Å². The third kappa shape index (κ3) is 5.82. The monoisotopic (exact) mass is 543 g/mol. The van der Waals surface area contributed by atoms with Crippen molar-refractivity contribution in [2.75, 3.05) is 19.0 Å². The Labute approximate surface area is 238 Å². The summed E-state index contributed by atoms with van der Waals surface area (Å²) < 4.78 is 11.2. The summed E-state index contributed by atoms with van der Waals surface area (Å²) in [4.78, 5) is 17.2. The van der Waals surface area contributed by atoms with Crippen LogP contribution in [0.3, 0.4) is 0 Å². The SMILES string of the molecule is CCOc1ccccc1-c1ccc(-c2nc3ccc(OC)cc3c(N[C@H](Cc3ccccc3)C(=O)O)c2C#N)cc1. The number of aliphatic carboxylic acids is 1. The van der Waals surface area contributed by atoms with Crippen molar-refractivity contribution < 1.29 is 19.4 Å². The molecule has 0 aliphatic rings. The highest BCUT2D eigenvalue weighted by molar-refractivity contribution is 6.00.